The highest BCUT2D eigenvalue weighted by Gasteiger charge is 2.07. The van der Waals surface area contributed by atoms with Crippen molar-refractivity contribution in [2.75, 3.05) is 17.6 Å². The fourth-order valence-corrected chi connectivity index (χ4v) is 1.99. The zero-order chi connectivity index (χ0) is 11.4. The van der Waals surface area contributed by atoms with E-state index < -0.39 is 0 Å². The van der Waals surface area contributed by atoms with Crippen LogP contribution in [0, 0.1) is 0 Å². The minimum absolute atomic E-state index is 0.350. The van der Waals surface area contributed by atoms with Gasteiger partial charge in [-0.2, -0.15) is 0 Å². The predicted molar refractivity (Wildman–Crippen MR) is 65.5 cm³/mol. The van der Waals surface area contributed by atoms with E-state index in [1.807, 2.05) is 11.6 Å². The number of hydrogen-bond donors (Lipinski definition) is 2. The van der Waals surface area contributed by atoms with Crippen LogP contribution in [0.15, 0.2) is 24.0 Å². The Labute approximate surface area is 97.8 Å². The van der Waals surface area contributed by atoms with Gasteiger partial charge in [0.15, 0.2) is 0 Å². The van der Waals surface area contributed by atoms with Crippen molar-refractivity contribution in [1.82, 2.24) is 15.0 Å². The zero-order valence-corrected chi connectivity index (χ0v) is 9.74. The Bertz CT molecular complexity index is 442. The van der Waals surface area contributed by atoms with Gasteiger partial charge in [0.2, 0.25) is 0 Å². The average Bonchev–Trinajstić information content (AvgIpc) is 2.79. The molecule has 1 atom stereocenters. The summed E-state index contributed by atoms with van der Waals surface area (Å²) in [4.78, 5) is 12.3. The highest BCUT2D eigenvalue weighted by molar-refractivity contribution is 7.09. The second-order valence-electron chi connectivity index (χ2n) is 3.48. The van der Waals surface area contributed by atoms with E-state index in [1.54, 1.807) is 17.5 Å². The fraction of sp³-hybridized carbons (Fsp3) is 0.300. The lowest BCUT2D eigenvalue weighted by Crippen LogP contribution is -2.11. The summed E-state index contributed by atoms with van der Waals surface area (Å²) in [5, 5.41) is 6.28. The highest BCUT2D eigenvalue weighted by Crippen LogP contribution is 2.17. The van der Waals surface area contributed by atoms with Crippen LogP contribution in [0.3, 0.4) is 0 Å². The largest absolute Gasteiger partial charge is 0.382 e. The van der Waals surface area contributed by atoms with Gasteiger partial charge in [0.05, 0.1) is 17.4 Å². The summed E-state index contributed by atoms with van der Waals surface area (Å²) in [6.45, 7) is 2.89. The molecule has 2 aromatic heterocycles. The van der Waals surface area contributed by atoms with Gasteiger partial charge < -0.3 is 11.1 Å². The average molecular weight is 235 g/mol. The fourth-order valence-electron chi connectivity index (χ4n) is 1.29. The monoisotopic (exact) mass is 235 g/mol. The van der Waals surface area contributed by atoms with Crippen LogP contribution in [-0.4, -0.2) is 21.5 Å². The Balaban J connectivity index is 1.92. The maximum absolute atomic E-state index is 5.54. The number of rotatable bonds is 4. The van der Waals surface area contributed by atoms with Crippen LogP contribution in [0.2, 0.25) is 0 Å². The number of nitrogens with one attached hydrogen (secondary N) is 1. The SMILES string of the molecule is CC(CNc1cncc(N)n1)c1nccs1. The van der Waals surface area contributed by atoms with Gasteiger partial charge >= 0.3 is 0 Å². The van der Waals surface area contributed by atoms with Crippen molar-refractivity contribution in [2.45, 2.75) is 12.8 Å². The Morgan fingerprint density at radius 1 is 1.50 bits per heavy atom. The van der Waals surface area contributed by atoms with E-state index in [1.165, 1.54) is 6.20 Å². The van der Waals surface area contributed by atoms with Crippen molar-refractivity contribution >= 4 is 23.0 Å². The second kappa shape index (κ2) is 4.89. The van der Waals surface area contributed by atoms with Crippen LogP contribution < -0.4 is 11.1 Å². The van der Waals surface area contributed by atoms with E-state index in [4.69, 9.17) is 5.73 Å². The molecule has 2 aromatic rings. The lowest BCUT2D eigenvalue weighted by atomic mass is 10.2. The maximum atomic E-state index is 5.54. The molecule has 0 aromatic carbocycles. The molecule has 1 unspecified atom stereocenters. The predicted octanol–water partition coefficient (Wildman–Crippen LogP) is 1.73. The quantitative estimate of drug-likeness (QED) is 0.844. The van der Waals surface area contributed by atoms with Crippen molar-refractivity contribution < 1.29 is 0 Å². The lowest BCUT2D eigenvalue weighted by Gasteiger charge is -2.10. The molecule has 0 amide bonds. The first-order valence-electron chi connectivity index (χ1n) is 4.96. The van der Waals surface area contributed by atoms with Crippen molar-refractivity contribution in [3.8, 4) is 0 Å². The summed E-state index contributed by atoms with van der Waals surface area (Å²) in [5.41, 5.74) is 5.54. The third-order valence-electron chi connectivity index (χ3n) is 2.12. The summed E-state index contributed by atoms with van der Waals surface area (Å²) < 4.78 is 0. The number of nitrogens with zero attached hydrogens (tertiary/aromatic N) is 3. The first kappa shape index (κ1) is 10.8. The van der Waals surface area contributed by atoms with Gasteiger partial charge in [-0.25, -0.2) is 9.97 Å². The molecule has 0 bridgehead atoms. The van der Waals surface area contributed by atoms with E-state index >= 15 is 0 Å². The molecule has 6 heteroatoms. The number of thiazole rings is 1. The van der Waals surface area contributed by atoms with Crippen LogP contribution in [0.1, 0.15) is 17.8 Å². The van der Waals surface area contributed by atoms with Gasteiger partial charge in [-0.1, -0.05) is 6.92 Å². The molecule has 0 radical (unpaired) electrons. The Hall–Kier alpha value is -1.69. The molecule has 0 spiro atoms. The van der Waals surface area contributed by atoms with E-state index in [2.05, 4.69) is 27.2 Å². The second-order valence-corrected chi connectivity index (χ2v) is 4.41. The molecule has 3 N–H and O–H groups in total. The molecule has 0 aliphatic heterocycles. The number of hydrogen-bond acceptors (Lipinski definition) is 6. The van der Waals surface area contributed by atoms with Crippen molar-refractivity contribution in [3.63, 3.8) is 0 Å². The minimum Gasteiger partial charge on any atom is -0.382 e. The molecule has 0 saturated heterocycles. The normalized spacial score (nSPS) is 12.3. The summed E-state index contributed by atoms with van der Waals surface area (Å²) >= 11 is 1.66. The van der Waals surface area contributed by atoms with Gasteiger partial charge in [0.1, 0.15) is 11.6 Å². The number of nitrogen functional groups attached to an aromatic ring is 1. The van der Waals surface area contributed by atoms with Crippen molar-refractivity contribution in [1.29, 1.82) is 0 Å². The van der Waals surface area contributed by atoms with E-state index in [0.717, 1.165) is 11.6 Å². The Kier molecular flexibility index (Phi) is 3.31. The summed E-state index contributed by atoms with van der Waals surface area (Å²) in [7, 11) is 0. The lowest BCUT2D eigenvalue weighted by molar-refractivity contribution is 0.791. The number of aromatic nitrogens is 3. The number of nitrogens with two attached hydrogens (primary N) is 1. The molecule has 16 heavy (non-hydrogen) atoms. The summed E-state index contributed by atoms with van der Waals surface area (Å²) in [6, 6.07) is 0. The van der Waals surface area contributed by atoms with E-state index in [9.17, 15) is 0 Å². The van der Waals surface area contributed by atoms with E-state index in [0.29, 0.717) is 17.6 Å². The van der Waals surface area contributed by atoms with Gasteiger partial charge in [0.25, 0.3) is 0 Å². The first-order chi connectivity index (χ1) is 7.75. The molecule has 0 saturated carbocycles. The molecule has 0 fully saturated rings. The molecular formula is C10H13N5S. The van der Waals surface area contributed by atoms with Crippen LogP contribution in [0.25, 0.3) is 0 Å². The van der Waals surface area contributed by atoms with Crippen molar-refractivity contribution in [2.24, 2.45) is 0 Å². The smallest absolute Gasteiger partial charge is 0.146 e. The third-order valence-corrected chi connectivity index (χ3v) is 3.12. The van der Waals surface area contributed by atoms with Crippen LogP contribution in [0.4, 0.5) is 11.6 Å². The molecule has 0 aliphatic carbocycles. The van der Waals surface area contributed by atoms with Crippen LogP contribution in [-0.2, 0) is 0 Å². The van der Waals surface area contributed by atoms with Gasteiger partial charge in [-0.3, -0.25) is 4.98 Å². The molecule has 2 heterocycles. The van der Waals surface area contributed by atoms with Crippen LogP contribution in [0.5, 0.6) is 0 Å². The molecule has 0 aliphatic rings. The zero-order valence-electron chi connectivity index (χ0n) is 8.92. The molecular weight excluding hydrogens is 222 g/mol. The summed E-state index contributed by atoms with van der Waals surface area (Å²) in [6.07, 6.45) is 5.00. The maximum Gasteiger partial charge on any atom is 0.146 e. The van der Waals surface area contributed by atoms with Crippen molar-refractivity contribution in [3.05, 3.63) is 29.0 Å². The van der Waals surface area contributed by atoms with Gasteiger partial charge in [-0.15, -0.1) is 11.3 Å². The topological polar surface area (TPSA) is 76.7 Å². The van der Waals surface area contributed by atoms with Crippen LogP contribution >= 0.6 is 11.3 Å². The summed E-state index contributed by atoms with van der Waals surface area (Å²) in [5.74, 6) is 1.47. The molecule has 2 rings (SSSR count). The minimum atomic E-state index is 0.350. The molecule has 84 valence electrons. The van der Waals surface area contributed by atoms with Gasteiger partial charge in [-0.05, 0) is 0 Å². The third kappa shape index (κ3) is 2.66. The standard InChI is InChI=1S/C10H13N5S/c1-7(10-13-2-3-16-10)4-14-9-6-12-5-8(11)15-9/h2-3,5-7H,4H2,1H3,(H3,11,14,15). The Morgan fingerprint density at radius 2 is 2.38 bits per heavy atom. The number of anilines is 2. The Morgan fingerprint density at radius 3 is 3.06 bits per heavy atom. The van der Waals surface area contributed by atoms with Gasteiger partial charge in [0, 0.05) is 24.0 Å². The first-order valence-corrected chi connectivity index (χ1v) is 5.84. The molecule has 5 nitrogen and oxygen atoms in total. The van der Waals surface area contributed by atoms with E-state index in [-0.39, 0.29) is 0 Å². The highest BCUT2D eigenvalue weighted by atomic mass is 32.1.